The third-order valence-electron chi connectivity index (χ3n) is 3.07. The van der Waals surface area contributed by atoms with Crippen LogP contribution in [0.5, 0.6) is 0 Å². The maximum absolute atomic E-state index is 13.0. The van der Waals surface area contributed by atoms with Crippen molar-refractivity contribution in [2.24, 2.45) is 0 Å². The number of benzene rings is 2. The standard InChI is InChI=1S/C16H8Cl2FNOS2/c17-10-6-11(18)8-13(7-10)20-15(21)14(23-16(20)22)5-9-1-3-12(19)4-2-9/h1-8H/b14-5-. The van der Waals surface area contributed by atoms with Crippen LogP contribution in [-0.2, 0) is 4.79 Å². The summed E-state index contributed by atoms with van der Waals surface area (Å²) in [6.45, 7) is 0. The zero-order valence-electron chi connectivity index (χ0n) is 11.4. The highest BCUT2D eigenvalue weighted by atomic mass is 35.5. The SMILES string of the molecule is O=C1/C(=C/c2ccc(F)cc2)SC(=S)N1c1cc(Cl)cc(Cl)c1. The van der Waals surface area contributed by atoms with Gasteiger partial charge in [0.15, 0.2) is 4.32 Å². The highest BCUT2D eigenvalue weighted by Crippen LogP contribution is 2.37. The fourth-order valence-electron chi connectivity index (χ4n) is 2.07. The highest BCUT2D eigenvalue weighted by molar-refractivity contribution is 8.27. The quantitative estimate of drug-likeness (QED) is 0.501. The molecule has 1 amide bonds. The van der Waals surface area contributed by atoms with Crippen LogP contribution in [0.4, 0.5) is 10.1 Å². The number of thioether (sulfide) groups is 1. The molecule has 3 rings (SSSR count). The number of thiocarbonyl (C=S) groups is 1. The molecule has 1 heterocycles. The summed E-state index contributed by atoms with van der Waals surface area (Å²) >= 11 is 18.4. The van der Waals surface area contributed by atoms with Crippen molar-refractivity contribution >= 4 is 69.2 Å². The van der Waals surface area contributed by atoms with Gasteiger partial charge in [-0.2, -0.15) is 0 Å². The lowest BCUT2D eigenvalue weighted by atomic mass is 10.2. The van der Waals surface area contributed by atoms with E-state index < -0.39 is 0 Å². The summed E-state index contributed by atoms with van der Waals surface area (Å²) in [7, 11) is 0. The second-order valence-electron chi connectivity index (χ2n) is 4.70. The molecule has 1 fully saturated rings. The Bertz CT molecular complexity index is 816. The number of carbonyl (C=O) groups excluding carboxylic acids is 1. The van der Waals surface area contributed by atoms with Gasteiger partial charge < -0.3 is 0 Å². The molecule has 0 bridgehead atoms. The maximum atomic E-state index is 13.0. The molecule has 2 aromatic carbocycles. The van der Waals surface area contributed by atoms with Gasteiger partial charge in [0.05, 0.1) is 10.6 Å². The van der Waals surface area contributed by atoms with Crippen LogP contribution in [-0.4, -0.2) is 10.2 Å². The van der Waals surface area contributed by atoms with Gasteiger partial charge in [-0.3, -0.25) is 9.69 Å². The van der Waals surface area contributed by atoms with Gasteiger partial charge in [0.25, 0.3) is 5.91 Å². The lowest BCUT2D eigenvalue weighted by Crippen LogP contribution is -2.27. The zero-order valence-corrected chi connectivity index (χ0v) is 14.6. The monoisotopic (exact) mass is 383 g/mol. The van der Waals surface area contributed by atoms with Crippen molar-refractivity contribution in [3.05, 3.63) is 68.8 Å². The van der Waals surface area contributed by atoms with Gasteiger partial charge in [-0.15, -0.1) is 0 Å². The van der Waals surface area contributed by atoms with Gasteiger partial charge >= 0.3 is 0 Å². The first-order valence-electron chi connectivity index (χ1n) is 6.44. The van der Waals surface area contributed by atoms with E-state index in [0.29, 0.717) is 25.0 Å². The van der Waals surface area contributed by atoms with Crippen LogP contribution in [0, 0.1) is 5.82 Å². The van der Waals surface area contributed by atoms with Gasteiger partial charge in [-0.1, -0.05) is 59.3 Å². The van der Waals surface area contributed by atoms with Gasteiger partial charge in [0.1, 0.15) is 5.82 Å². The van der Waals surface area contributed by atoms with E-state index >= 15 is 0 Å². The van der Waals surface area contributed by atoms with E-state index in [1.165, 1.54) is 28.8 Å². The number of amides is 1. The number of hydrogen-bond donors (Lipinski definition) is 0. The molecule has 7 heteroatoms. The number of carbonyl (C=O) groups is 1. The van der Waals surface area contributed by atoms with Crippen LogP contribution in [0.3, 0.4) is 0 Å². The molecule has 0 saturated carbocycles. The third kappa shape index (κ3) is 3.58. The largest absolute Gasteiger partial charge is 0.270 e. The molecule has 1 aliphatic heterocycles. The molecule has 2 aromatic rings. The van der Waals surface area contributed by atoms with Crippen LogP contribution in [0.1, 0.15) is 5.56 Å². The van der Waals surface area contributed by atoms with Gasteiger partial charge in [-0.05, 0) is 42.0 Å². The Morgan fingerprint density at radius 3 is 2.30 bits per heavy atom. The Morgan fingerprint density at radius 1 is 1.09 bits per heavy atom. The molecule has 0 aromatic heterocycles. The third-order valence-corrected chi connectivity index (χ3v) is 4.81. The molecule has 2 nitrogen and oxygen atoms in total. The summed E-state index contributed by atoms with van der Waals surface area (Å²) in [5.74, 6) is -0.592. The van der Waals surface area contributed by atoms with Crippen molar-refractivity contribution in [2.45, 2.75) is 0 Å². The summed E-state index contributed by atoms with van der Waals surface area (Å²) in [6.07, 6.45) is 1.67. The van der Waals surface area contributed by atoms with Crippen LogP contribution >= 0.6 is 47.2 Å². The summed E-state index contributed by atoms with van der Waals surface area (Å²) in [4.78, 5) is 14.4. The topological polar surface area (TPSA) is 20.3 Å². The summed E-state index contributed by atoms with van der Waals surface area (Å²) in [5, 5.41) is 0.841. The van der Waals surface area contributed by atoms with Crippen molar-refractivity contribution in [3.63, 3.8) is 0 Å². The number of anilines is 1. The van der Waals surface area contributed by atoms with Crippen LogP contribution in [0.25, 0.3) is 6.08 Å². The minimum Gasteiger partial charge on any atom is -0.268 e. The first-order valence-corrected chi connectivity index (χ1v) is 8.42. The lowest BCUT2D eigenvalue weighted by Gasteiger charge is -2.15. The van der Waals surface area contributed by atoms with Crippen molar-refractivity contribution in [3.8, 4) is 0 Å². The van der Waals surface area contributed by atoms with Crippen molar-refractivity contribution in [1.29, 1.82) is 0 Å². The van der Waals surface area contributed by atoms with Crippen LogP contribution < -0.4 is 4.90 Å². The average Bonchev–Trinajstić information content (AvgIpc) is 2.75. The Labute approximate surface area is 151 Å². The van der Waals surface area contributed by atoms with Gasteiger partial charge in [0, 0.05) is 10.0 Å². The lowest BCUT2D eigenvalue weighted by molar-refractivity contribution is -0.113. The molecule has 0 spiro atoms. The van der Waals surface area contributed by atoms with Crippen molar-refractivity contribution < 1.29 is 9.18 Å². The van der Waals surface area contributed by atoms with Gasteiger partial charge in [0.2, 0.25) is 0 Å². The number of rotatable bonds is 2. The minimum absolute atomic E-state index is 0.261. The summed E-state index contributed by atoms with van der Waals surface area (Å²) < 4.78 is 13.3. The normalized spacial score (nSPS) is 16.5. The predicted octanol–water partition coefficient (Wildman–Crippen LogP) is 5.54. The Kier molecular flexibility index (Phi) is 4.73. The maximum Gasteiger partial charge on any atom is 0.270 e. The van der Waals surface area contributed by atoms with E-state index in [9.17, 15) is 9.18 Å². The number of nitrogens with zero attached hydrogens (tertiary/aromatic N) is 1. The molecule has 0 N–H and O–H groups in total. The van der Waals surface area contributed by atoms with E-state index in [1.807, 2.05) is 0 Å². The van der Waals surface area contributed by atoms with Crippen LogP contribution in [0.2, 0.25) is 10.0 Å². The smallest absolute Gasteiger partial charge is 0.268 e. The van der Waals surface area contributed by atoms with E-state index in [1.54, 1.807) is 36.4 Å². The fourth-order valence-corrected chi connectivity index (χ4v) is 3.88. The second kappa shape index (κ2) is 6.61. The molecule has 0 radical (unpaired) electrons. The summed E-state index contributed by atoms with van der Waals surface area (Å²) in [5.41, 5.74) is 1.24. The Balaban J connectivity index is 1.95. The fraction of sp³-hybridized carbons (Fsp3) is 0. The van der Waals surface area contributed by atoms with E-state index in [2.05, 4.69) is 0 Å². The van der Waals surface area contributed by atoms with Crippen molar-refractivity contribution in [2.75, 3.05) is 4.90 Å². The minimum atomic E-state index is -0.330. The predicted molar refractivity (Wildman–Crippen MR) is 98.5 cm³/mol. The number of halogens is 3. The number of hydrogen-bond acceptors (Lipinski definition) is 3. The Hall–Kier alpha value is -1.40. The Morgan fingerprint density at radius 2 is 1.70 bits per heavy atom. The van der Waals surface area contributed by atoms with E-state index in [-0.39, 0.29) is 11.7 Å². The molecular formula is C16H8Cl2FNOS2. The zero-order chi connectivity index (χ0) is 16.6. The molecule has 1 saturated heterocycles. The van der Waals surface area contributed by atoms with E-state index in [4.69, 9.17) is 35.4 Å². The molecule has 116 valence electrons. The molecule has 0 atom stereocenters. The molecule has 0 unspecified atom stereocenters. The highest BCUT2D eigenvalue weighted by Gasteiger charge is 2.33. The molecular weight excluding hydrogens is 376 g/mol. The molecule has 1 aliphatic rings. The first-order chi connectivity index (χ1) is 10.9. The molecule has 23 heavy (non-hydrogen) atoms. The molecule has 0 aliphatic carbocycles. The second-order valence-corrected chi connectivity index (χ2v) is 7.24. The summed E-state index contributed by atoms with van der Waals surface area (Å²) in [6, 6.07) is 10.7. The first kappa shape index (κ1) is 16.5. The van der Waals surface area contributed by atoms with Crippen LogP contribution in [0.15, 0.2) is 47.4 Å². The average molecular weight is 384 g/mol. The van der Waals surface area contributed by atoms with Gasteiger partial charge in [-0.25, -0.2) is 4.39 Å². The van der Waals surface area contributed by atoms with Crippen molar-refractivity contribution in [1.82, 2.24) is 0 Å². The van der Waals surface area contributed by atoms with E-state index in [0.717, 1.165) is 5.56 Å².